The van der Waals surface area contributed by atoms with E-state index in [0.717, 1.165) is 24.3 Å². The number of methoxy groups -OCH3 is 1. The van der Waals surface area contributed by atoms with Crippen LogP contribution < -0.4 is 14.8 Å². The fraction of sp³-hybridized carbons (Fsp3) is 0.533. The Balaban J connectivity index is 1.70. The molecule has 1 aliphatic heterocycles. The van der Waals surface area contributed by atoms with Crippen LogP contribution in [0.5, 0.6) is 11.5 Å². The van der Waals surface area contributed by atoms with Crippen LogP contribution in [0.3, 0.4) is 0 Å². The summed E-state index contributed by atoms with van der Waals surface area (Å²) in [7, 11) is 1.41. The highest BCUT2D eigenvalue weighted by molar-refractivity contribution is 5.69. The van der Waals surface area contributed by atoms with Crippen LogP contribution in [-0.2, 0) is 16.0 Å². The van der Waals surface area contributed by atoms with Crippen molar-refractivity contribution in [3.8, 4) is 11.5 Å². The molecule has 0 saturated heterocycles. The predicted octanol–water partition coefficient (Wildman–Crippen LogP) is 1.89. The molecule has 0 radical (unpaired) electrons. The summed E-state index contributed by atoms with van der Waals surface area (Å²) in [6.07, 6.45) is 2.37. The quantitative estimate of drug-likeness (QED) is 0.772. The maximum absolute atomic E-state index is 11.0. The minimum absolute atomic E-state index is 0.180. The lowest BCUT2D eigenvalue weighted by Gasteiger charge is -2.13. The van der Waals surface area contributed by atoms with Gasteiger partial charge in [-0.3, -0.25) is 4.79 Å². The number of rotatable bonds is 7. The summed E-state index contributed by atoms with van der Waals surface area (Å²) >= 11 is 0. The fourth-order valence-corrected chi connectivity index (χ4v) is 2.10. The van der Waals surface area contributed by atoms with Crippen molar-refractivity contribution in [1.82, 2.24) is 5.32 Å². The zero-order valence-corrected chi connectivity index (χ0v) is 12.0. The predicted molar refractivity (Wildman–Crippen MR) is 75.0 cm³/mol. The molecule has 20 heavy (non-hydrogen) atoms. The van der Waals surface area contributed by atoms with Crippen LogP contribution in [-0.4, -0.2) is 32.5 Å². The molecule has 0 spiro atoms. The molecular formula is C15H21NO4. The first-order chi connectivity index (χ1) is 9.69. The van der Waals surface area contributed by atoms with E-state index in [1.165, 1.54) is 12.7 Å². The van der Waals surface area contributed by atoms with Gasteiger partial charge in [-0.05, 0) is 37.5 Å². The second kappa shape index (κ2) is 7.14. The van der Waals surface area contributed by atoms with Crippen molar-refractivity contribution in [3.63, 3.8) is 0 Å². The average molecular weight is 279 g/mol. The van der Waals surface area contributed by atoms with Gasteiger partial charge in [0.05, 0.1) is 13.5 Å². The summed E-state index contributed by atoms with van der Waals surface area (Å²) in [6, 6.07) is 6.40. The zero-order chi connectivity index (χ0) is 14.4. The Morgan fingerprint density at radius 3 is 3.00 bits per heavy atom. The number of nitrogens with one attached hydrogen (secondary N) is 1. The number of aryl methyl sites for hydroxylation is 1. The normalized spacial score (nSPS) is 14.1. The van der Waals surface area contributed by atoms with E-state index in [-0.39, 0.29) is 5.97 Å². The number of carbonyl (C=O) groups excluding carboxylic acids is 1. The van der Waals surface area contributed by atoms with E-state index >= 15 is 0 Å². The van der Waals surface area contributed by atoms with Crippen LogP contribution in [0.1, 0.15) is 25.3 Å². The highest BCUT2D eigenvalue weighted by Crippen LogP contribution is 2.32. The molecule has 0 amide bonds. The Kier molecular flexibility index (Phi) is 5.24. The van der Waals surface area contributed by atoms with Crippen LogP contribution in [0.15, 0.2) is 18.2 Å². The lowest BCUT2D eigenvalue weighted by Crippen LogP contribution is -2.29. The molecular weight excluding hydrogens is 258 g/mol. The molecule has 0 fully saturated rings. The highest BCUT2D eigenvalue weighted by Gasteiger charge is 2.13. The lowest BCUT2D eigenvalue weighted by atomic mass is 10.1. The Bertz CT molecular complexity index is 461. The number of carbonyl (C=O) groups is 1. The van der Waals surface area contributed by atoms with Gasteiger partial charge in [-0.15, -0.1) is 0 Å². The molecule has 1 heterocycles. The van der Waals surface area contributed by atoms with Crippen LogP contribution in [0.2, 0.25) is 0 Å². The molecule has 110 valence electrons. The van der Waals surface area contributed by atoms with E-state index < -0.39 is 0 Å². The Labute approximate surface area is 119 Å². The van der Waals surface area contributed by atoms with Crippen molar-refractivity contribution < 1.29 is 19.0 Å². The van der Waals surface area contributed by atoms with Gasteiger partial charge in [0.1, 0.15) is 0 Å². The lowest BCUT2D eigenvalue weighted by molar-refractivity contribution is -0.140. The van der Waals surface area contributed by atoms with Crippen molar-refractivity contribution in [2.45, 2.75) is 32.2 Å². The molecule has 1 atom stereocenters. The van der Waals surface area contributed by atoms with Crippen LogP contribution in [0.4, 0.5) is 0 Å². The Morgan fingerprint density at radius 2 is 2.20 bits per heavy atom. The van der Waals surface area contributed by atoms with Gasteiger partial charge in [-0.25, -0.2) is 0 Å². The van der Waals surface area contributed by atoms with Gasteiger partial charge in [0.25, 0.3) is 0 Å². The SMILES string of the molecule is COC(=O)CCNC(C)CCc1ccc2c(c1)OCO2. The molecule has 0 bridgehead atoms. The molecule has 5 nitrogen and oxygen atoms in total. The molecule has 1 aliphatic rings. The van der Waals surface area contributed by atoms with Crippen LogP contribution >= 0.6 is 0 Å². The summed E-state index contributed by atoms with van der Waals surface area (Å²) in [5.74, 6) is 1.47. The molecule has 0 aromatic heterocycles. The average Bonchev–Trinajstić information content (AvgIpc) is 2.92. The molecule has 5 heteroatoms. The maximum Gasteiger partial charge on any atom is 0.306 e. The molecule has 1 aromatic rings. The number of benzene rings is 1. The zero-order valence-electron chi connectivity index (χ0n) is 12.0. The van der Waals surface area contributed by atoms with Gasteiger partial charge in [-0.1, -0.05) is 6.07 Å². The van der Waals surface area contributed by atoms with Crippen molar-refractivity contribution in [2.24, 2.45) is 0 Å². The first kappa shape index (κ1) is 14.7. The summed E-state index contributed by atoms with van der Waals surface area (Å²) in [6.45, 7) is 3.07. The molecule has 1 aromatic carbocycles. The second-order valence-electron chi connectivity index (χ2n) is 4.91. The topological polar surface area (TPSA) is 56.8 Å². The van der Waals surface area contributed by atoms with E-state index in [9.17, 15) is 4.79 Å². The third-order valence-corrected chi connectivity index (χ3v) is 3.35. The summed E-state index contributed by atoms with van der Waals surface area (Å²) in [4.78, 5) is 11.0. The summed E-state index contributed by atoms with van der Waals surface area (Å²) in [5, 5.41) is 3.31. The van der Waals surface area contributed by atoms with Gasteiger partial charge >= 0.3 is 5.97 Å². The molecule has 1 unspecified atom stereocenters. The minimum Gasteiger partial charge on any atom is -0.469 e. The third kappa shape index (κ3) is 4.13. The number of hydrogen-bond acceptors (Lipinski definition) is 5. The van der Waals surface area contributed by atoms with Crippen LogP contribution in [0.25, 0.3) is 0 Å². The smallest absolute Gasteiger partial charge is 0.306 e. The standard InChI is InChI=1S/C15H21NO4/c1-11(16-8-7-15(17)18-2)3-4-12-5-6-13-14(9-12)20-10-19-13/h5-6,9,11,16H,3-4,7-8,10H2,1-2H3. The van der Waals surface area contributed by atoms with Gasteiger partial charge in [0.2, 0.25) is 6.79 Å². The van der Waals surface area contributed by atoms with Gasteiger partial charge in [0.15, 0.2) is 11.5 Å². The van der Waals surface area contributed by atoms with Gasteiger partial charge < -0.3 is 19.5 Å². The largest absolute Gasteiger partial charge is 0.469 e. The molecule has 1 N–H and O–H groups in total. The molecule has 2 rings (SSSR count). The Hall–Kier alpha value is -1.75. The first-order valence-corrected chi connectivity index (χ1v) is 6.88. The summed E-state index contributed by atoms with van der Waals surface area (Å²) in [5.41, 5.74) is 1.23. The third-order valence-electron chi connectivity index (χ3n) is 3.35. The van der Waals surface area contributed by atoms with Crippen molar-refractivity contribution in [3.05, 3.63) is 23.8 Å². The van der Waals surface area contributed by atoms with Crippen molar-refractivity contribution >= 4 is 5.97 Å². The number of esters is 1. The second-order valence-corrected chi connectivity index (χ2v) is 4.91. The monoisotopic (exact) mass is 279 g/mol. The van der Waals surface area contributed by atoms with E-state index in [2.05, 4.69) is 23.0 Å². The van der Waals surface area contributed by atoms with E-state index in [1.54, 1.807) is 0 Å². The highest BCUT2D eigenvalue weighted by atomic mass is 16.7. The van der Waals surface area contributed by atoms with Crippen LogP contribution in [0, 0.1) is 0 Å². The van der Waals surface area contributed by atoms with E-state index in [4.69, 9.17) is 9.47 Å². The number of hydrogen-bond donors (Lipinski definition) is 1. The fourth-order valence-electron chi connectivity index (χ4n) is 2.10. The maximum atomic E-state index is 11.0. The van der Waals surface area contributed by atoms with Gasteiger partial charge in [0, 0.05) is 12.6 Å². The first-order valence-electron chi connectivity index (χ1n) is 6.88. The summed E-state index contributed by atoms with van der Waals surface area (Å²) < 4.78 is 15.2. The van der Waals surface area contributed by atoms with E-state index in [1.807, 2.05) is 12.1 Å². The minimum atomic E-state index is -0.180. The number of fused-ring (bicyclic) bond motifs is 1. The van der Waals surface area contributed by atoms with Gasteiger partial charge in [-0.2, -0.15) is 0 Å². The molecule has 0 aliphatic carbocycles. The van der Waals surface area contributed by atoms with Crippen molar-refractivity contribution in [2.75, 3.05) is 20.4 Å². The Morgan fingerprint density at radius 1 is 1.40 bits per heavy atom. The van der Waals surface area contributed by atoms with Crippen molar-refractivity contribution in [1.29, 1.82) is 0 Å². The number of ether oxygens (including phenoxy) is 3. The molecule has 0 saturated carbocycles. The van der Waals surface area contributed by atoms with E-state index in [0.29, 0.717) is 25.8 Å².